The number of benzene rings is 1. The van der Waals surface area contributed by atoms with Gasteiger partial charge in [0.2, 0.25) is 5.82 Å². The average molecular weight is 516 g/mol. The van der Waals surface area contributed by atoms with E-state index in [2.05, 4.69) is 71.1 Å². The highest BCUT2D eigenvalue weighted by molar-refractivity contribution is 5.90. The predicted octanol–water partition coefficient (Wildman–Crippen LogP) is 4.72. The maximum Gasteiger partial charge on any atom is 0.234 e. The number of nitrogens with one attached hydrogen (secondary N) is 1. The first kappa shape index (κ1) is 24.5. The van der Waals surface area contributed by atoms with Crippen LogP contribution in [0.4, 0.5) is 11.6 Å². The quantitative estimate of drug-likeness (QED) is 0.333. The molecule has 5 heterocycles. The largest absolute Gasteiger partial charge is 0.383 e. The van der Waals surface area contributed by atoms with Gasteiger partial charge in [-0.15, -0.1) is 0 Å². The molecule has 1 aliphatic heterocycles. The predicted molar refractivity (Wildman–Crippen MR) is 152 cm³/mol. The van der Waals surface area contributed by atoms with E-state index in [-0.39, 0.29) is 5.82 Å². The Morgan fingerprint density at radius 1 is 1.03 bits per heavy atom. The van der Waals surface area contributed by atoms with Crippen molar-refractivity contribution in [3.63, 3.8) is 0 Å². The minimum Gasteiger partial charge on any atom is -0.383 e. The summed E-state index contributed by atoms with van der Waals surface area (Å²) in [6, 6.07) is 21.1. The van der Waals surface area contributed by atoms with Crippen LogP contribution < -0.4 is 11.1 Å². The first-order chi connectivity index (χ1) is 19.1. The molecule has 0 atom stereocenters. The van der Waals surface area contributed by atoms with E-state index in [1.807, 2.05) is 37.4 Å². The van der Waals surface area contributed by atoms with Crippen LogP contribution in [0.1, 0.15) is 29.9 Å². The van der Waals surface area contributed by atoms with E-state index in [0.717, 1.165) is 66.0 Å². The number of pyridine rings is 2. The highest BCUT2D eigenvalue weighted by atomic mass is 15.1. The molecule has 5 aromatic rings. The first-order valence-electron chi connectivity index (χ1n) is 13.1. The number of aromatic nitrogens is 5. The molecular weight excluding hydrogens is 486 g/mol. The fourth-order valence-corrected chi connectivity index (χ4v) is 5.26. The summed E-state index contributed by atoms with van der Waals surface area (Å²) in [6.45, 7) is 4.90. The number of nitriles is 1. The van der Waals surface area contributed by atoms with Gasteiger partial charge in [-0.25, -0.2) is 15.0 Å². The Morgan fingerprint density at radius 3 is 2.62 bits per heavy atom. The summed E-state index contributed by atoms with van der Waals surface area (Å²) in [6.07, 6.45) is 7.28. The molecule has 0 bridgehead atoms. The maximum atomic E-state index is 9.03. The normalized spacial score (nSPS) is 14.4. The molecule has 1 fully saturated rings. The van der Waals surface area contributed by atoms with Crippen LogP contribution in [-0.2, 0) is 6.54 Å². The Balaban J connectivity index is 1.18. The minimum absolute atomic E-state index is 0.191. The third-order valence-corrected chi connectivity index (χ3v) is 7.23. The summed E-state index contributed by atoms with van der Waals surface area (Å²) in [5.74, 6) is 1.41. The van der Waals surface area contributed by atoms with Gasteiger partial charge in [0, 0.05) is 66.6 Å². The average Bonchev–Trinajstić information content (AvgIpc) is 3.33. The van der Waals surface area contributed by atoms with Gasteiger partial charge in [0.1, 0.15) is 17.7 Å². The monoisotopic (exact) mass is 515 g/mol. The van der Waals surface area contributed by atoms with E-state index in [1.54, 1.807) is 12.4 Å². The number of fused-ring (bicyclic) bond motifs is 1. The van der Waals surface area contributed by atoms with Crippen molar-refractivity contribution in [2.75, 3.05) is 24.1 Å². The van der Waals surface area contributed by atoms with Gasteiger partial charge in [0.15, 0.2) is 0 Å². The van der Waals surface area contributed by atoms with E-state index < -0.39 is 0 Å². The minimum atomic E-state index is 0.191. The molecule has 1 saturated heterocycles. The van der Waals surface area contributed by atoms with E-state index in [0.29, 0.717) is 17.7 Å². The standard InChI is InChI=1S/C30H29N9/c1-20-15-26-22(18-35-20)16-27(25-3-2-11-34-30(25)32)39(26)24-6-4-21(5-7-24)19-38-13-9-23(10-14-38)36-28-8-12-33-29(17-31)37-28/h2-8,11-12,15-16,18,23H,9-10,13-14,19H2,1H3,(H2,32,34)(H,33,36,37). The van der Waals surface area contributed by atoms with E-state index in [1.165, 1.54) is 5.56 Å². The number of anilines is 2. The molecule has 0 amide bonds. The van der Waals surface area contributed by atoms with Crippen molar-refractivity contribution in [1.82, 2.24) is 29.4 Å². The Labute approximate surface area is 227 Å². The summed E-state index contributed by atoms with van der Waals surface area (Å²) in [7, 11) is 0. The summed E-state index contributed by atoms with van der Waals surface area (Å²) in [5, 5.41) is 13.5. The fraction of sp³-hybridized carbons (Fsp3) is 0.233. The lowest BCUT2D eigenvalue weighted by molar-refractivity contribution is 0.211. The number of hydrogen-bond acceptors (Lipinski definition) is 8. The van der Waals surface area contributed by atoms with Crippen molar-refractivity contribution in [2.24, 2.45) is 0 Å². The Hall–Kier alpha value is -4.81. The van der Waals surface area contributed by atoms with Gasteiger partial charge in [0.05, 0.1) is 11.2 Å². The van der Waals surface area contributed by atoms with E-state index in [9.17, 15) is 0 Å². The zero-order chi connectivity index (χ0) is 26.8. The second kappa shape index (κ2) is 10.5. The molecule has 39 heavy (non-hydrogen) atoms. The van der Waals surface area contributed by atoms with Gasteiger partial charge in [-0.3, -0.25) is 9.88 Å². The Kier molecular flexibility index (Phi) is 6.61. The highest BCUT2D eigenvalue weighted by Crippen LogP contribution is 2.34. The molecule has 4 aromatic heterocycles. The molecule has 1 aliphatic rings. The highest BCUT2D eigenvalue weighted by Gasteiger charge is 2.20. The van der Waals surface area contributed by atoms with Gasteiger partial charge in [-0.05, 0) is 67.8 Å². The number of piperidine rings is 1. The zero-order valence-electron chi connectivity index (χ0n) is 21.7. The van der Waals surface area contributed by atoms with Gasteiger partial charge in [0.25, 0.3) is 0 Å². The molecule has 3 N–H and O–H groups in total. The SMILES string of the molecule is Cc1cc2c(cn1)cc(-c1cccnc1N)n2-c1ccc(CN2CCC(Nc3ccnc(C#N)n3)CC2)cc1. The van der Waals surface area contributed by atoms with Crippen molar-refractivity contribution in [3.05, 3.63) is 90.3 Å². The molecular formula is C30H29N9. The summed E-state index contributed by atoms with van der Waals surface area (Å²) in [4.78, 5) is 19.5. The smallest absolute Gasteiger partial charge is 0.234 e. The number of aryl methyl sites for hydroxylation is 1. The molecule has 0 unspecified atom stereocenters. The summed E-state index contributed by atoms with van der Waals surface area (Å²) in [5.41, 5.74) is 12.6. The van der Waals surface area contributed by atoms with Crippen LogP contribution in [-0.4, -0.2) is 48.5 Å². The lowest BCUT2D eigenvalue weighted by atomic mass is 10.0. The van der Waals surface area contributed by atoms with E-state index in [4.69, 9.17) is 11.0 Å². The van der Waals surface area contributed by atoms with Crippen LogP contribution in [0, 0.1) is 18.3 Å². The van der Waals surface area contributed by atoms with Crippen LogP contribution in [0.2, 0.25) is 0 Å². The number of nitrogens with two attached hydrogens (primary N) is 1. The molecule has 0 aliphatic carbocycles. The lowest BCUT2D eigenvalue weighted by Gasteiger charge is -2.32. The lowest BCUT2D eigenvalue weighted by Crippen LogP contribution is -2.38. The Morgan fingerprint density at radius 2 is 1.85 bits per heavy atom. The van der Waals surface area contributed by atoms with Gasteiger partial charge in [-0.2, -0.15) is 5.26 Å². The van der Waals surface area contributed by atoms with Crippen molar-refractivity contribution in [3.8, 4) is 23.0 Å². The van der Waals surface area contributed by atoms with Crippen LogP contribution in [0.15, 0.2) is 73.2 Å². The van der Waals surface area contributed by atoms with Crippen LogP contribution in [0.25, 0.3) is 27.8 Å². The number of nitrogens with zero attached hydrogens (tertiary/aromatic N) is 7. The first-order valence-corrected chi connectivity index (χ1v) is 13.1. The third kappa shape index (κ3) is 5.15. The van der Waals surface area contributed by atoms with Crippen molar-refractivity contribution < 1.29 is 0 Å². The number of rotatable bonds is 6. The molecule has 0 spiro atoms. The Bertz CT molecular complexity index is 1660. The molecule has 9 heteroatoms. The van der Waals surface area contributed by atoms with Crippen LogP contribution in [0.3, 0.4) is 0 Å². The number of hydrogen-bond donors (Lipinski definition) is 2. The van der Waals surface area contributed by atoms with Crippen molar-refractivity contribution >= 4 is 22.5 Å². The molecule has 194 valence electrons. The number of nitrogen functional groups attached to an aromatic ring is 1. The molecule has 9 nitrogen and oxygen atoms in total. The van der Waals surface area contributed by atoms with Gasteiger partial charge < -0.3 is 15.6 Å². The zero-order valence-corrected chi connectivity index (χ0v) is 21.7. The topological polar surface area (TPSA) is 122 Å². The van der Waals surface area contributed by atoms with Gasteiger partial charge >= 0.3 is 0 Å². The van der Waals surface area contributed by atoms with Crippen LogP contribution >= 0.6 is 0 Å². The summed E-state index contributed by atoms with van der Waals surface area (Å²) < 4.78 is 2.24. The molecule has 0 saturated carbocycles. The molecule has 0 radical (unpaired) electrons. The number of likely N-dealkylation sites (tertiary alicyclic amines) is 1. The van der Waals surface area contributed by atoms with Crippen molar-refractivity contribution in [1.29, 1.82) is 5.26 Å². The van der Waals surface area contributed by atoms with Gasteiger partial charge in [-0.1, -0.05) is 12.1 Å². The fourth-order valence-electron chi connectivity index (χ4n) is 5.26. The van der Waals surface area contributed by atoms with E-state index >= 15 is 0 Å². The third-order valence-electron chi connectivity index (χ3n) is 7.23. The second-order valence-electron chi connectivity index (χ2n) is 9.92. The molecule has 6 rings (SSSR count). The van der Waals surface area contributed by atoms with Crippen LogP contribution in [0.5, 0.6) is 0 Å². The summed E-state index contributed by atoms with van der Waals surface area (Å²) >= 11 is 0. The maximum absolute atomic E-state index is 9.03. The second-order valence-corrected chi connectivity index (χ2v) is 9.92. The molecule has 1 aromatic carbocycles. The van der Waals surface area contributed by atoms with Crippen molar-refractivity contribution in [2.45, 2.75) is 32.4 Å².